The van der Waals surface area contributed by atoms with Crippen molar-refractivity contribution in [1.82, 2.24) is 10.7 Å². The van der Waals surface area contributed by atoms with Crippen LogP contribution in [0.3, 0.4) is 0 Å². The second-order valence-electron chi connectivity index (χ2n) is 5.70. The van der Waals surface area contributed by atoms with Gasteiger partial charge in [0.25, 0.3) is 0 Å². The van der Waals surface area contributed by atoms with E-state index < -0.39 is 0 Å². The van der Waals surface area contributed by atoms with Crippen LogP contribution in [-0.4, -0.2) is 31.1 Å². The van der Waals surface area contributed by atoms with Crippen molar-refractivity contribution in [3.8, 4) is 0 Å². The van der Waals surface area contributed by atoms with Crippen LogP contribution in [0.2, 0.25) is 0 Å². The summed E-state index contributed by atoms with van der Waals surface area (Å²) in [7, 11) is 1.68. The number of hydrogen-bond acceptors (Lipinski definition) is 3. The van der Waals surface area contributed by atoms with Crippen LogP contribution in [0.4, 0.5) is 0 Å². The minimum absolute atomic E-state index is 0.574. The SMILES string of the molecule is COCCNC(=S)N/N=C1/C[C@H](C)CC[C@H]1C(C)C. The molecule has 2 atom stereocenters. The van der Waals surface area contributed by atoms with Gasteiger partial charge in [-0.3, -0.25) is 5.43 Å². The molecule has 0 aliphatic heterocycles. The fraction of sp³-hybridized carbons (Fsp3) is 0.857. The number of rotatable bonds is 5. The van der Waals surface area contributed by atoms with Crippen LogP contribution in [0, 0.1) is 17.8 Å². The van der Waals surface area contributed by atoms with Crippen molar-refractivity contribution in [1.29, 1.82) is 0 Å². The van der Waals surface area contributed by atoms with Crippen LogP contribution >= 0.6 is 12.2 Å². The summed E-state index contributed by atoms with van der Waals surface area (Å²) in [4.78, 5) is 0. The van der Waals surface area contributed by atoms with Gasteiger partial charge in [0, 0.05) is 25.3 Å². The van der Waals surface area contributed by atoms with E-state index in [-0.39, 0.29) is 0 Å². The van der Waals surface area contributed by atoms with Crippen molar-refractivity contribution in [3.05, 3.63) is 0 Å². The lowest BCUT2D eigenvalue weighted by Crippen LogP contribution is -2.36. The molecular weight excluding hydrogens is 258 g/mol. The average molecular weight is 285 g/mol. The van der Waals surface area contributed by atoms with Gasteiger partial charge >= 0.3 is 0 Å². The van der Waals surface area contributed by atoms with E-state index in [4.69, 9.17) is 17.0 Å². The molecule has 0 aromatic carbocycles. The summed E-state index contributed by atoms with van der Waals surface area (Å²) in [5, 5.41) is 8.18. The molecule has 1 fully saturated rings. The Labute approximate surface area is 122 Å². The molecule has 110 valence electrons. The van der Waals surface area contributed by atoms with Crippen LogP contribution in [0.15, 0.2) is 5.10 Å². The zero-order valence-electron chi connectivity index (χ0n) is 12.5. The first kappa shape index (κ1) is 16.4. The zero-order valence-corrected chi connectivity index (χ0v) is 13.3. The predicted molar refractivity (Wildman–Crippen MR) is 84.4 cm³/mol. The minimum atomic E-state index is 0.574. The van der Waals surface area contributed by atoms with E-state index in [0.29, 0.717) is 30.1 Å². The molecule has 0 heterocycles. The molecule has 0 radical (unpaired) electrons. The Kier molecular flexibility index (Phi) is 7.31. The number of nitrogens with one attached hydrogen (secondary N) is 2. The zero-order chi connectivity index (χ0) is 14.3. The Morgan fingerprint density at radius 3 is 2.84 bits per heavy atom. The van der Waals surface area contributed by atoms with E-state index in [2.05, 4.69) is 36.6 Å². The van der Waals surface area contributed by atoms with E-state index in [1.54, 1.807) is 7.11 Å². The number of methoxy groups -OCH3 is 1. The monoisotopic (exact) mass is 285 g/mol. The summed E-state index contributed by atoms with van der Waals surface area (Å²) < 4.78 is 4.96. The Bertz CT molecular complexity index is 318. The summed E-state index contributed by atoms with van der Waals surface area (Å²) in [5.74, 6) is 1.96. The van der Waals surface area contributed by atoms with Crippen molar-refractivity contribution in [3.63, 3.8) is 0 Å². The first-order valence-corrected chi connectivity index (χ1v) is 7.54. The fourth-order valence-electron chi connectivity index (χ4n) is 2.52. The second-order valence-corrected chi connectivity index (χ2v) is 6.11. The maximum absolute atomic E-state index is 5.18. The summed E-state index contributed by atoms with van der Waals surface area (Å²) in [6.07, 6.45) is 3.62. The summed E-state index contributed by atoms with van der Waals surface area (Å²) in [6, 6.07) is 0. The quantitative estimate of drug-likeness (QED) is 0.463. The normalized spacial score (nSPS) is 25.6. The van der Waals surface area contributed by atoms with Gasteiger partial charge in [-0.2, -0.15) is 5.10 Å². The molecule has 1 aliphatic rings. The Balaban J connectivity index is 2.49. The highest BCUT2D eigenvalue weighted by Gasteiger charge is 2.27. The summed E-state index contributed by atoms with van der Waals surface area (Å²) in [6.45, 7) is 8.18. The third kappa shape index (κ3) is 5.87. The van der Waals surface area contributed by atoms with Gasteiger partial charge in [0.1, 0.15) is 0 Å². The lowest BCUT2D eigenvalue weighted by molar-refractivity contribution is 0.204. The molecule has 1 saturated carbocycles. The van der Waals surface area contributed by atoms with Crippen LogP contribution in [0.25, 0.3) is 0 Å². The number of nitrogens with zero attached hydrogens (tertiary/aromatic N) is 1. The molecule has 0 amide bonds. The number of hydrogen-bond donors (Lipinski definition) is 2. The maximum Gasteiger partial charge on any atom is 0.187 e. The summed E-state index contributed by atoms with van der Waals surface area (Å²) in [5.41, 5.74) is 4.24. The Morgan fingerprint density at radius 1 is 1.47 bits per heavy atom. The van der Waals surface area contributed by atoms with E-state index >= 15 is 0 Å². The third-order valence-corrected chi connectivity index (χ3v) is 3.89. The fourth-order valence-corrected chi connectivity index (χ4v) is 2.66. The third-order valence-electron chi connectivity index (χ3n) is 3.65. The molecule has 0 unspecified atom stereocenters. The van der Waals surface area contributed by atoms with Gasteiger partial charge in [-0.1, -0.05) is 20.8 Å². The highest BCUT2D eigenvalue weighted by Crippen LogP contribution is 2.31. The van der Waals surface area contributed by atoms with E-state index in [9.17, 15) is 0 Å². The van der Waals surface area contributed by atoms with E-state index in [1.165, 1.54) is 18.6 Å². The smallest absolute Gasteiger partial charge is 0.187 e. The van der Waals surface area contributed by atoms with Crippen molar-refractivity contribution in [2.45, 2.75) is 40.0 Å². The molecule has 1 aliphatic carbocycles. The number of thiocarbonyl (C=S) groups is 1. The number of hydrazone groups is 1. The van der Waals surface area contributed by atoms with Crippen molar-refractivity contribution < 1.29 is 4.74 Å². The molecule has 4 nitrogen and oxygen atoms in total. The molecule has 0 aromatic rings. The van der Waals surface area contributed by atoms with Crippen LogP contribution in [0.5, 0.6) is 0 Å². The molecule has 0 bridgehead atoms. The highest BCUT2D eigenvalue weighted by atomic mass is 32.1. The van der Waals surface area contributed by atoms with E-state index in [0.717, 1.165) is 12.3 Å². The number of ether oxygens (including phenoxy) is 1. The summed E-state index contributed by atoms with van der Waals surface area (Å²) >= 11 is 5.18. The lowest BCUT2D eigenvalue weighted by atomic mass is 9.76. The largest absolute Gasteiger partial charge is 0.383 e. The van der Waals surface area contributed by atoms with Crippen LogP contribution in [0.1, 0.15) is 40.0 Å². The Hall–Kier alpha value is -0.680. The van der Waals surface area contributed by atoms with Gasteiger partial charge in [-0.05, 0) is 43.3 Å². The standard InChI is InChI=1S/C14H27N3OS/c1-10(2)12-6-5-11(3)9-13(12)16-17-14(19)15-7-8-18-4/h10-12H,5-9H2,1-4H3,(H2,15,17,19)/b16-13-/t11-,12+/m1/s1. The topological polar surface area (TPSA) is 45.6 Å². The minimum Gasteiger partial charge on any atom is -0.383 e. The van der Waals surface area contributed by atoms with Gasteiger partial charge in [0.05, 0.1) is 6.61 Å². The van der Waals surface area contributed by atoms with Gasteiger partial charge < -0.3 is 10.1 Å². The average Bonchev–Trinajstić information content (AvgIpc) is 2.36. The molecule has 0 aromatic heterocycles. The maximum atomic E-state index is 5.18. The Morgan fingerprint density at radius 2 is 2.21 bits per heavy atom. The van der Waals surface area contributed by atoms with Gasteiger partial charge in [0.15, 0.2) is 5.11 Å². The van der Waals surface area contributed by atoms with Crippen molar-refractivity contribution >= 4 is 23.0 Å². The van der Waals surface area contributed by atoms with E-state index in [1.807, 2.05) is 0 Å². The molecule has 5 heteroatoms. The molecule has 2 N–H and O–H groups in total. The molecule has 0 saturated heterocycles. The predicted octanol–water partition coefficient (Wildman–Crippen LogP) is 2.55. The second kappa shape index (κ2) is 8.48. The van der Waals surface area contributed by atoms with Crippen molar-refractivity contribution in [2.75, 3.05) is 20.3 Å². The molecular formula is C14H27N3OS. The molecule has 19 heavy (non-hydrogen) atoms. The first-order valence-electron chi connectivity index (χ1n) is 7.13. The van der Waals surface area contributed by atoms with Crippen LogP contribution in [-0.2, 0) is 4.74 Å². The van der Waals surface area contributed by atoms with Gasteiger partial charge in [-0.25, -0.2) is 0 Å². The highest BCUT2D eigenvalue weighted by molar-refractivity contribution is 7.80. The first-order chi connectivity index (χ1) is 9.04. The van der Waals surface area contributed by atoms with Crippen LogP contribution < -0.4 is 10.7 Å². The van der Waals surface area contributed by atoms with Gasteiger partial charge in [-0.15, -0.1) is 0 Å². The lowest BCUT2D eigenvalue weighted by Gasteiger charge is -2.30. The van der Waals surface area contributed by atoms with Crippen molar-refractivity contribution in [2.24, 2.45) is 22.9 Å². The van der Waals surface area contributed by atoms with Gasteiger partial charge in [0.2, 0.25) is 0 Å². The molecule has 1 rings (SSSR count). The molecule has 0 spiro atoms.